The van der Waals surface area contributed by atoms with Crippen molar-refractivity contribution in [2.75, 3.05) is 18.5 Å². The zero-order valence-electron chi connectivity index (χ0n) is 27.4. The van der Waals surface area contributed by atoms with Crippen LogP contribution in [0.3, 0.4) is 0 Å². The molecule has 3 aromatic heterocycles. The van der Waals surface area contributed by atoms with Crippen LogP contribution in [0.25, 0.3) is 32.6 Å². The van der Waals surface area contributed by atoms with E-state index in [1.807, 2.05) is 0 Å². The highest BCUT2D eigenvalue weighted by Crippen LogP contribution is 2.39. The first-order valence-corrected chi connectivity index (χ1v) is 16.0. The highest BCUT2D eigenvalue weighted by Gasteiger charge is 2.35. The zero-order valence-corrected chi connectivity index (χ0v) is 28.3. The van der Waals surface area contributed by atoms with Gasteiger partial charge in [0.05, 0.1) is 12.1 Å². The van der Waals surface area contributed by atoms with E-state index in [4.69, 9.17) is 9.47 Å². The first-order valence-electron chi connectivity index (χ1n) is 15.1. The Kier molecular flexibility index (Phi) is 10.6. The second-order valence-corrected chi connectivity index (χ2v) is 12.9. The van der Waals surface area contributed by atoms with Gasteiger partial charge in [0, 0.05) is 40.8 Å². The number of rotatable bonds is 9. The summed E-state index contributed by atoms with van der Waals surface area (Å²) in [6, 6.07) is 4.54. The van der Waals surface area contributed by atoms with Gasteiger partial charge in [0.15, 0.2) is 5.69 Å². The maximum atomic E-state index is 13.8. The van der Waals surface area contributed by atoms with Crippen LogP contribution in [0.5, 0.6) is 0 Å². The van der Waals surface area contributed by atoms with Gasteiger partial charge in [-0.25, -0.2) is 24.4 Å². The number of carbonyl (C=O) groups excluding carboxylic acids is 3. The summed E-state index contributed by atoms with van der Waals surface area (Å²) in [7, 11) is 0. The smallest absolute Gasteiger partial charge is 0.434 e. The van der Waals surface area contributed by atoms with Crippen molar-refractivity contribution in [2.45, 2.75) is 66.3 Å². The Morgan fingerprint density at radius 3 is 2.35 bits per heavy atom. The number of anilines is 1. The van der Waals surface area contributed by atoms with Gasteiger partial charge in [-0.2, -0.15) is 13.2 Å². The van der Waals surface area contributed by atoms with Crippen molar-refractivity contribution in [3.05, 3.63) is 63.5 Å². The number of carbonyl (C=O) groups is 3. The van der Waals surface area contributed by atoms with Crippen LogP contribution in [-0.4, -0.2) is 51.3 Å². The number of benzene rings is 1. The third-order valence-corrected chi connectivity index (χ3v) is 7.80. The van der Waals surface area contributed by atoms with E-state index in [9.17, 15) is 32.3 Å². The number of urea groups is 1. The fourth-order valence-electron chi connectivity index (χ4n) is 4.96. The molecule has 11 nitrogen and oxygen atoms in total. The highest BCUT2D eigenvalue weighted by atomic mass is 32.1. The highest BCUT2D eigenvalue weighted by molar-refractivity contribution is 7.13. The number of hydrogen-bond acceptors (Lipinski definition) is 9. The molecule has 48 heavy (non-hydrogen) atoms. The van der Waals surface area contributed by atoms with Gasteiger partial charge in [-0.15, -0.1) is 11.3 Å². The zero-order chi connectivity index (χ0) is 35.6. The minimum Gasteiger partial charge on any atom is -0.462 e. The number of aromatic nitrogens is 3. The van der Waals surface area contributed by atoms with Crippen molar-refractivity contribution in [3.63, 3.8) is 0 Å². The number of alkyl halides is 3. The molecule has 0 aliphatic heterocycles. The standard InChI is InChI=1S/C33H36F3N5O6S/c1-8-37-31(45)40-25-13-19(28-39-24(16-48-28)33(34,35)36)21(14-38-25)18-10-11-23-20(12-18)27(42)22(29(43)46-9-2)15-41(23)26(17(3)4)30(44)47-32(5,6)7/h10-17,26H,8-9H2,1-7H3,(H2,37,38,40,45)/t26-/m0/s1. The molecule has 0 saturated carbocycles. The topological polar surface area (TPSA) is 142 Å². The van der Waals surface area contributed by atoms with Crippen molar-refractivity contribution < 1.29 is 37.0 Å². The molecule has 4 aromatic rings. The Morgan fingerprint density at radius 1 is 1.06 bits per heavy atom. The molecule has 0 aliphatic carbocycles. The summed E-state index contributed by atoms with van der Waals surface area (Å²) < 4.78 is 52.9. The lowest BCUT2D eigenvalue weighted by Gasteiger charge is -2.29. The number of amides is 2. The van der Waals surface area contributed by atoms with Crippen molar-refractivity contribution >= 4 is 46.0 Å². The molecular formula is C33H36F3N5O6S. The van der Waals surface area contributed by atoms with E-state index in [2.05, 4.69) is 20.6 Å². The number of hydrogen-bond donors (Lipinski definition) is 2. The Balaban J connectivity index is 1.99. The van der Waals surface area contributed by atoms with E-state index in [-0.39, 0.29) is 39.9 Å². The van der Waals surface area contributed by atoms with Crippen LogP contribution < -0.4 is 16.1 Å². The number of esters is 2. The molecule has 15 heteroatoms. The Hall–Kier alpha value is -4.79. The largest absolute Gasteiger partial charge is 0.462 e. The molecule has 0 radical (unpaired) electrons. The van der Waals surface area contributed by atoms with Gasteiger partial charge in [-0.3, -0.25) is 10.1 Å². The Morgan fingerprint density at radius 2 is 1.77 bits per heavy atom. The van der Waals surface area contributed by atoms with Crippen LogP contribution in [0.2, 0.25) is 0 Å². The molecule has 1 aromatic carbocycles. The van der Waals surface area contributed by atoms with Gasteiger partial charge in [0.2, 0.25) is 5.43 Å². The van der Waals surface area contributed by atoms with Crippen molar-refractivity contribution in [1.82, 2.24) is 19.9 Å². The molecule has 2 amide bonds. The molecule has 0 fully saturated rings. The van der Waals surface area contributed by atoms with Crippen LogP contribution in [-0.2, 0) is 20.4 Å². The van der Waals surface area contributed by atoms with Crippen molar-refractivity contribution in [2.24, 2.45) is 5.92 Å². The van der Waals surface area contributed by atoms with E-state index in [0.717, 1.165) is 16.7 Å². The SMILES string of the molecule is CCNC(=O)Nc1cc(-c2nc(C(F)(F)F)cs2)c(-c2ccc3c(c2)c(=O)c(C(=O)OCC)cn3[C@H](C(=O)OC(C)(C)C)C(C)C)cn1. The minimum absolute atomic E-state index is 0.00452. The number of ether oxygens (including phenoxy) is 2. The predicted octanol–water partition coefficient (Wildman–Crippen LogP) is 7.06. The van der Waals surface area contributed by atoms with Gasteiger partial charge in [0.25, 0.3) is 0 Å². The summed E-state index contributed by atoms with van der Waals surface area (Å²) in [5.74, 6) is -1.75. The van der Waals surface area contributed by atoms with Gasteiger partial charge in [0.1, 0.15) is 28.0 Å². The summed E-state index contributed by atoms with van der Waals surface area (Å²) in [5.41, 5.74) is -1.75. The lowest BCUT2D eigenvalue weighted by Crippen LogP contribution is -2.34. The molecule has 0 unspecified atom stereocenters. The average Bonchev–Trinajstić information content (AvgIpc) is 3.49. The summed E-state index contributed by atoms with van der Waals surface area (Å²) in [4.78, 5) is 60.6. The molecule has 0 saturated heterocycles. The van der Waals surface area contributed by atoms with Crippen LogP contribution in [0.1, 0.15) is 70.6 Å². The fraction of sp³-hybridized carbons (Fsp3) is 0.394. The summed E-state index contributed by atoms with van der Waals surface area (Å²) in [5, 5.41) is 6.00. The van der Waals surface area contributed by atoms with Crippen molar-refractivity contribution in [3.8, 4) is 21.7 Å². The lowest BCUT2D eigenvalue weighted by atomic mass is 9.97. The third kappa shape index (κ3) is 8.01. The molecule has 3 heterocycles. The molecule has 0 bridgehead atoms. The van der Waals surface area contributed by atoms with Gasteiger partial charge in [-0.1, -0.05) is 19.9 Å². The van der Waals surface area contributed by atoms with Gasteiger partial charge >= 0.3 is 24.1 Å². The Labute approximate surface area is 278 Å². The maximum absolute atomic E-state index is 13.8. The third-order valence-electron chi connectivity index (χ3n) is 6.93. The molecule has 4 rings (SSSR count). The van der Waals surface area contributed by atoms with E-state index in [1.54, 1.807) is 60.6 Å². The second-order valence-electron chi connectivity index (χ2n) is 12.1. The first kappa shape index (κ1) is 36.1. The number of pyridine rings is 2. The lowest BCUT2D eigenvalue weighted by molar-refractivity contribution is -0.160. The first-order chi connectivity index (χ1) is 22.4. The quantitative estimate of drug-likeness (QED) is 0.178. The van der Waals surface area contributed by atoms with E-state index < -0.39 is 46.9 Å². The van der Waals surface area contributed by atoms with Gasteiger partial charge < -0.3 is 19.4 Å². The number of thiazole rings is 1. The second kappa shape index (κ2) is 14.1. The molecule has 256 valence electrons. The molecule has 0 aliphatic rings. The summed E-state index contributed by atoms with van der Waals surface area (Å²) in [6.07, 6.45) is -2.05. The normalized spacial score (nSPS) is 12.6. The van der Waals surface area contributed by atoms with Crippen LogP contribution in [0.15, 0.2) is 46.8 Å². The number of halogens is 3. The monoisotopic (exact) mass is 687 g/mol. The Bertz CT molecular complexity index is 1910. The average molecular weight is 688 g/mol. The van der Waals surface area contributed by atoms with Crippen LogP contribution in [0.4, 0.5) is 23.8 Å². The minimum atomic E-state index is -4.69. The van der Waals surface area contributed by atoms with Gasteiger partial charge in [-0.05, 0) is 64.3 Å². The maximum Gasteiger partial charge on any atom is 0.434 e. The van der Waals surface area contributed by atoms with E-state index in [1.165, 1.54) is 29.1 Å². The molecule has 0 spiro atoms. The number of nitrogens with zero attached hydrogens (tertiary/aromatic N) is 3. The molecule has 1 atom stereocenters. The predicted molar refractivity (Wildman–Crippen MR) is 176 cm³/mol. The number of fused-ring (bicyclic) bond motifs is 1. The summed E-state index contributed by atoms with van der Waals surface area (Å²) >= 11 is 0.746. The molecule has 2 N–H and O–H groups in total. The summed E-state index contributed by atoms with van der Waals surface area (Å²) in [6.45, 7) is 12.4. The van der Waals surface area contributed by atoms with Crippen LogP contribution in [0, 0.1) is 5.92 Å². The van der Waals surface area contributed by atoms with E-state index in [0.29, 0.717) is 23.2 Å². The fourth-order valence-corrected chi connectivity index (χ4v) is 5.81. The molecular weight excluding hydrogens is 651 g/mol. The van der Waals surface area contributed by atoms with Crippen LogP contribution >= 0.6 is 11.3 Å². The number of nitrogens with one attached hydrogen (secondary N) is 2. The van der Waals surface area contributed by atoms with E-state index >= 15 is 0 Å². The van der Waals surface area contributed by atoms with Crippen molar-refractivity contribution in [1.29, 1.82) is 0 Å².